The number of benzene rings is 1. The molecule has 0 bridgehead atoms. The van der Waals surface area contributed by atoms with E-state index in [1.54, 1.807) is 18.2 Å². The van der Waals surface area contributed by atoms with Gasteiger partial charge in [-0.25, -0.2) is 4.79 Å². The second-order valence-electron chi connectivity index (χ2n) is 3.63. The third-order valence-corrected chi connectivity index (χ3v) is 3.53. The van der Waals surface area contributed by atoms with Crippen molar-refractivity contribution in [3.05, 3.63) is 37.9 Å². The molecule has 0 fully saturated rings. The lowest BCUT2D eigenvalue weighted by atomic mass is 10.1. The van der Waals surface area contributed by atoms with Gasteiger partial charge in [0, 0.05) is 19.7 Å². The van der Waals surface area contributed by atoms with Crippen molar-refractivity contribution in [2.75, 3.05) is 5.32 Å². The van der Waals surface area contributed by atoms with Gasteiger partial charge in [-0.15, -0.1) is 0 Å². The lowest BCUT2D eigenvalue weighted by Gasteiger charge is -2.09. The van der Waals surface area contributed by atoms with Crippen LogP contribution < -0.4 is 5.32 Å². The second kappa shape index (κ2) is 6.19. The molecule has 6 heteroatoms. The molecule has 0 aliphatic carbocycles. The van der Waals surface area contributed by atoms with Crippen molar-refractivity contribution >= 4 is 51.8 Å². The molecule has 0 atom stereocenters. The topological polar surface area (TPSA) is 66.4 Å². The van der Waals surface area contributed by atoms with E-state index >= 15 is 0 Å². The molecule has 0 aliphatic heterocycles. The molecule has 0 aromatic heterocycles. The summed E-state index contributed by atoms with van der Waals surface area (Å²) in [7, 11) is 0. The van der Waals surface area contributed by atoms with Crippen LogP contribution in [0.1, 0.15) is 13.8 Å². The maximum atomic E-state index is 11.8. The SMILES string of the molecule is C/C(C(=O)O)=C(/C)C(=O)Nc1ccc(Cl)cc1I. The van der Waals surface area contributed by atoms with Crippen molar-refractivity contribution in [1.29, 1.82) is 0 Å². The third kappa shape index (κ3) is 3.71. The lowest BCUT2D eigenvalue weighted by molar-refractivity contribution is -0.133. The van der Waals surface area contributed by atoms with Crippen molar-refractivity contribution in [1.82, 2.24) is 0 Å². The summed E-state index contributed by atoms with van der Waals surface area (Å²) >= 11 is 7.85. The molecule has 0 radical (unpaired) electrons. The molecule has 1 amide bonds. The number of rotatable bonds is 3. The molecular formula is C12H11ClINO3. The predicted molar refractivity (Wildman–Crippen MR) is 78.8 cm³/mol. The number of carboxylic acid groups (broad SMARTS) is 1. The number of amides is 1. The number of aliphatic carboxylic acids is 1. The first-order valence-electron chi connectivity index (χ1n) is 5.00. The highest BCUT2D eigenvalue weighted by molar-refractivity contribution is 14.1. The number of halogens is 2. The number of carboxylic acids is 1. The fourth-order valence-electron chi connectivity index (χ4n) is 1.14. The normalized spacial score (nSPS) is 11.8. The van der Waals surface area contributed by atoms with Gasteiger partial charge in [0.2, 0.25) is 0 Å². The van der Waals surface area contributed by atoms with Crippen LogP contribution in [0.25, 0.3) is 0 Å². The van der Waals surface area contributed by atoms with Crippen molar-refractivity contribution < 1.29 is 14.7 Å². The van der Waals surface area contributed by atoms with Gasteiger partial charge in [0.25, 0.3) is 5.91 Å². The van der Waals surface area contributed by atoms with Gasteiger partial charge in [-0.3, -0.25) is 4.79 Å². The quantitative estimate of drug-likeness (QED) is 0.625. The van der Waals surface area contributed by atoms with Gasteiger partial charge in [-0.2, -0.15) is 0 Å². The van der Waals surface area contributed by atoms with Crippen molar-refractivity contribution in [2.45, 2.75) is 13.8 Å². The Hall–Kier alpha value is -1.08. The smallest absolute Gasteiger partial charge is 0.331 e. The molecule has 4 nitrogen and oxygen atoms in total. The predicted octanol–water partition coefficient (Wildman–Crippen LogP) is 3.30. The van der Waals surface area contributed by atoms with Crippen molar-refractivity contribution in [3.63, 3.8) is 0 Å². The third-order valence-electron chi connectivity index (χ3n) is 2.40. The molecule has 0 heterocycles. The Balaban J connectivity index is 2.95. The number of hydrogen-bond acceptors (Lipinski definition) is 2. The van der Waals surface area contributed by atoms with E-state index in [2.05, 4.69) is 5.32 Å². The van der Waals surface area contributed by atoms with E-state index < -0.39 is 11.9 Å². The maximum absolute atomic E-state index is 11.8. The Kier molecular flexibility index (Phi) is 5.15. The summed E-state index contributed by atoms with van der Waals surface area (Å²) in [5.74, 6) is -1.54. The molecule has 0 spiro atoms. The van der Waals surface area contributed by atoms with Gasteiger partial charge in [0.05, 0.1) is 5.69 Å². The Bertz CT molecular complexity index is 540. The Morgan fingerprint density at radius 1 is 1.28 bits per heavy atom. The minimum atomic E-state index is -1.10. The fourth-order valence-corrected chi connectivity index (χ4v) is 2.14. The van der Waals surface area contributed by atoms with Crippen LogP contribution in [-0.4, -0.2) is 17.0 Å². The van der Waals surface area contributed by atoms with E-state index in [1.807, 2.05) is 22.6 Å². The molecule has 1 rings (SSSR count). The summed E-state index contributed by atoms with van der Waals surface area (Å²) in [5, 5.41) is 12.0. The number of anilines is 1. The van der Waals surface area contributed by atoms with Crippen LogP contribution in [0.5, 0.6) is 0 Å². The number of hydrogen-bond donors (Lipinski definition) is 2. The van der Waals surface area contributed by atoms with Crippen LogP contribution in [0.3, 0.4) is 0 Å². The summed E-state index contributed by atoms with van der Waals surface area (Å²) in [6.45, 7) is 2.87. The zero-order chi connectivity index (χ0) is 13.9. The van der Waals surface area contributed by atoms with Crippen LogP contribution in [0.15, 0.2) is 29.3 Å². The standard InChI is InChI=1S/C12H11ClINO3/c1-6(7(2)12(17)18)11(16)15-10-4-3-8(13)5-9(10)14/h3-5H,1-2H3,(H,15,16)(H,17,18)/b7-6+. The first-order chi connectivity index (χ1) is 8.32. The van der Waals surface area contributed by atoms with E-state index in [0.717, 1.165) is 3.57 Å². The largest absolute Gasteiger partial charge is 0.478 e. The van der Waals surface area contributed by atoms with Crippen molar-refractivity contribution in [2.24, 2.45) is 0 Å². The number of nitrogens with one attached hydrogen (secondary N) is 1. The van der Waals surface area contributed by atoms with E-state index in [0.29, 0.717) is 10.7 Å². The first-order valence-corrected chi connectivity index (χ1v) is 6.45. The summed E-state index contributed by atoms with van der Waals surface area (Å²) in [6, 6.07) is 5.04. The lowest BCUT2D eigenvalue weighted by Crippen LogP contribution is -2.16. The van der Waals surface area contributed by atoms with Gasteiger partial charge in [0.1, 0.15) is 0 Å². The van der Waals surface area contributed by atoms with Crippen LogP contribution in [0, 0.1) is 3.57 Å². The van der Waals surface area contributed by atoms with Gasteiger partial charge >= 0.3 is 5.97 Å². The summed E-state index contributed by atoms with van der Waals surface area (Å²) in [5.41, 5.74) is 0.798. The summed E-state index contributed by atoms with van der Waals surface area (Å²) in [4.78, 5) is 22.6. The molecular weight excluding hydrogens is 368 g/mol. The van der Waals surface area contributed by atoms with E-state index in [9.17, 15) is 9.59 Å². The number of carbonyl (C=O) groups is 2. The molecule has 0 saturated carbocycles. The minimum Gasteiger partial charge on any atom is -0.478 e. The van der Waals surface area contributed by atoms with Crippen molar-refractivity contribution in [3.8, 4) is 0 Å². The maximum Gasteiger partial charge on any atom is 0.331 e. The van der Waals surface area contributed by atoms with E-state index in [-0.39, 0.29) is 11.1 Å². The number of carbonyl (C=O) groups excluding carboxylic acids is 1. The average Bonchev–Trinajstić information content (AvgIpc) is 2.30. The summed E-state index contributed by atoms with van der Waals surface area (Å²) in [6.07, 6.45) is 0. The van der Waals surface area contributed by atoms with Gasteiger partial charge < -0.3 is 10.4 Å². The minimum absolute atomic E-state index is 0.0245. The highest BCUT2D eigenvalue weighted by Crippen LogP contribution is 2.23. The molecule has 2 N–H and O–H groups in total. The molecule has 0 saturated heterocycles. The second-order valence-corrected chi connectivity index (χ2v) is 5.23. The van der Waals surface area contributed by atoms with Gasteiger partial charge in [-0.05, 0) is 54.6 Å². The highest BCUT2D eigenvalue weighted by Gasteiger charge is 2.13. The Morgan fingerprint density at radius 2 is 1.89 bits per heavy atom. The Labute approximate surface area is 123 Å². The molecule has 18 heavy (non-hydrogen) atoms. The Morgan fingerprint density at radius 3 is 2.39 bits per heavy atom. The highest BCUT2D eigenvalue weighted by atomic mass is 127. The van der Waals surface area contributed by atoms with Crippen LogP contribution >= 0.6 is 34.2 Å². The monoisotopic (exact) mass is 379 g/mol. The van der Waals surface area contributed by atoms with Crippen LogP contribution in [0.2, 0.25) is 5.02 Å². The molecule has 0 aliphatic rings. The fraction of sp³-hybridized carbons (Fsp3) is 0.167. The van der Waals surface area contributed by atoms with Gasteiger partial charge in [0.15, 0.2) is 0 Å². The van der Waals surface area contributed by atoms with E-state index in [1.165, 1.54) is 13.8 Å². The molecule has 0 unspecified atom stereocenters. The first kappa shape index (κ1) is 15.0. The van der Waals surface area contributed by atoms with Crippen LogP contribution in [0.4, 0.5) is 5.69 Å². The molecule has 1 aromatic rings. The molecule has 1 aromatic carbocycles. The zero-order valence-electron chi connectivity index (χ0n) is 9.75. The molecule has 96 valence electrons. The summed E-state index contributed by atoms with van der Waals surface area (Å²) < 4.78 is 0.786. The van der Waals surface area contributed by atoms with E-state index in [4.69, 9.17) is 16.7 Å². The average molecular weight is 380 g/mol. The van der Waals surface area contributed by atoms with Crippen LogP contribution in [-0.2, 0) is 9.59 Å². The zero-order valence-corrected chi connectivity index (χ0v) is 12.7. The van der Waals surface area contributed by atoms with Gasteiger partial charge in [-0.1, -0.05) is 11.6 Å².